The van der Waals surface area contributed by atoms with Crippen molar-refractivity contribution < 1.29 is 9.59 Å². The molecule has 0 saturated heterocycles. The Hall–Kier alpha value is -7.01. The number of hydrogen-bond acceptors (Lipinski definition) is 8. The molecule has 2 unspecified atom stereocenters. The fraction of sp³-hybridized carbons (Fsp3) is 0.452. The molecule has 2 aromatic heterocycles. The van der Waals surface area contributed by atoms with Crippen LogP contribution in [0.1, 0.15) is 219 Å². The minimum atomic E-state index is -2.15. The smallest absolute Gasteiger partial charge is 0.858 e. The zero-order valence-corrected chi connectivity index (χ0v) is 62.1. The van der Waals surface area contributed by atoms with E-state index in [0.717, 1.165) is 112 Å². The van der Waals surface area contributed by atoms with E-state index >= 15 is 0 Å². The normalized spacial score (nSPS) is 14.6. The predicted octanol–water partition coefficient (Wildman–Crippen LogP) is 15.8. The minimum absolute atomic E-state index is 0. The summed E-state index contributed by atoms with van der Waals surface area (Å²) in [6, 6.07) is 48.4. The van der Waals surface area contributed by atoms with Crippen LogP contribution in [0.2, 0.25) is 36.3 Å². The summed E-state index contributed by atoms with van der Waals surface area (Å²) in [5.41, 5.74) is 6.02. The molecule has 10 nitrogen and oxygen atoms in total. The third-order valence-corrected chi connectivity index (χ3v) is 28.0. The van der Waals surface area contributed by atoms with Gasteiger partial charge in [0.1, 0.15) is 5.82 Å². The number of rotatable bonds is 30. The van der Waals surface area contributed by atoms with E-state index in [4.69, 9.17) is 39.9 Å². The maximum Gasteiger partial charge on any atom is 4.00 e. The number of hydrogen-bond donors (Lipinski definition) is 0. The Morgan fingerprint density at radius 1 is 0.361 bits per heavy atom. The van der Waals surface area contributed by atoms with Gasteiger partial charge in [-0.25, -0.2) is 15.0 Å². The van der Waals surface area contributed by atoms with Gasteiger partial charge in [-0.3, -0.25) is 0 Å². The molecule has 0 amide bonds. The fourth-order valence-corrected chi connectivity index (χ4v) is 21.6. The molecule has 13 rings (SSSR count). The Bertz CT molecular complexity index is 4470. The number of nitrogens with zero attached hydrogens (tertiary/aromatic N) is 8. The molecule has 504 valence electrons. The molecule has 0 spiro atoms. The van der Waals surface area contributed by atoms with Crippen molar-refractivity contribution >= 4 is 107 Å². The van der Waals surface area contributed by atoms with Gasteiger partial charge in [0.15, 0.2) is 5.82 Å². The van der Waals surface area contributed by atoms with Crippen LogP contribution in [0.4, 0.5) is 0 Å². The van der Waals surface area contributed by atoms with Gasteiger partial charge < -0.3 is 34.5 Å². The summed E-state index contributed by atoms with van der Waals surface area (Å²) in [4.78, 5) is 68.1. The second-order valence-electron chi connectivity index (χ2n) is 28.0. The van der Waals surface area contributed by atoms with E-state index in [9.17, 15) is 9.59 Å². The average molecular weight is 1340 g/mol. The fourth-order valence-electron chi connectivity index (χ4n) is 14.7. The van der Waals surface area contributed by atoms with Crippen LogP contribution in [-0.4, -0.2) is 57.5 Å². The van der Waals surface area contributed by atoms with Crippen LogP contribution >= 0.6 is 0 Å². The van der Waals surface area contributed by atoms with Crippen LogP contribution in [0, 0.1) is 0 Å². The maximum absolute atomic E-state index is 13.1. The second-order valence-corrected chi connectivity index (χ2v) is 35.8. The van der Waals surface area contributed by atoms with Crippen molar-refractivity contribution in [1.29, 1.82) is 0 Å². The van der Waals surface area contributed by atoms with Crippen molar-refractivity contribution in [3.8, 4) is 22.8 Å². The second kappa shape index (κ2) is 35.7. The van der Waals surface area contributed by atoms with E-state index in [-0.39, 0.29) is 22.8 Å². The van der Waals surface area contributed by atoms with Crippen molar-refractivity contribution in [2.45, 2.75) is 244 Å². The minimum Gasteiger partial charge on any atom is -0.858 e. The molecule has 2 aliphatic carbocycles. The van der Waals surface area contributed by atoms with Crippen molar-refractivity contribution in [3.05, 3.63) is 165 Å². The molecule has 0 fully saturated rings. The van der Waals surface area contributed by atoms with Gasteiger partial charge in [0.2, 0.25) is 0 Å². The quantitative estimate of drug-likeness (QED) is 0.0314. The van der Waals surface area contributed by atoms with E-state index in [1.165, 1.54) is 154 Å². The first kappa shape index (κ1) is 72.7. The molecular weight excluding hydrogens is 1240 g/mol. The summed E-state index contributed by atoms with van der Waals surface area (Å²) < 4.78 is 0. The van der Waals surface area contributed by atoms with Gasteiger partial charge >= 0.3 is 11.0 Å². The first-order valence-electron chi connectivity index (χ1n) is 37.5. The molecule has 13 heteroatoms. The largest absolute Gasteiger partial charge is 4.00 e. The van der Waals surface area contributed by atoms with Crippen LogP contribution in [0.15, 0.2) is 121 Å². The van der Waals surface area contributed by atoms with Crippen molar-refractivity contribution in [3.63, 3.8) is 0 Å². The summed E-state index contributed by atoms with van der Waals surface area (Å²) in [5.74, 6) is 1.93. The molecule has 0 N–H and O–H groups in total. The van der Waals surface area contributed by atoms with E-state index in [1.807, 2.05) is 0 Å². The third kappa shape index (κ3) is 18.5. The summed E-state index contributed by atoms with van der Waals surface area (Å²) in [6.45, 7) is 13.5. The van der Waals surface area contributed by atoms with Crippen LogP contribution in [0.5, 0.6) is 0 Å². The maximum atomic E-state index is 13.1. The predicted molar refractivity (Wildman–Crippen MR) is 410 cm³/mol. The number of aromatic nitrogens is 8. The SMILES string of the molecule is C1=c2ccccc2=CC2C1=c1nc2nc2nc(nc3[n-]c(nc4[n-]c(n1)C1C=c5ccccc5=CC=41)c1cc4ccccc4cc31)-c1cc3ccccc3cc1-2.CCCCCC[Si]([O-])(CCCCCC)CCCCCC.CCCCCC[Si]([O-])(CCCCCC)CCCCCC.[Si+4]. The molecular formula is C84H104N8O2Si3. The van der Waals surface area contributed by atoms with Crippen molar-refractivity contribution in [2.75, 3.05) is 0 Å². The molecule has 8 aromatic rings. The van der Waals surface area contributed by atoms with E-state index in [2.05, 4.69) is 187 Å². The molecule has 3 aliphatic heterocycles. The van der Waals surface area contributed by atoms with Crippen LogP contribution < -0.4 is 51.4 Å². The summed E-state index contributed by atoms with van der Waals surface area (Å²) in [6.07, 6.45) is 39.4. The van der Waals surface area contributed by atoms with E-state index in [0.29, 0.717) is 45.6 Å². The van der Waals surface area contributed by atoms with Crippen molar-refractivity contribution in [1.82, 2.24) is 39.9 Å². The number of fused-ring (bicyclic) bond motifs is 22. The zero-order valence-electron chi connectivity index (χ0n) is 59.1. The Morgan fingerprint density at radius 2 is 0.732 bits per heavy atom. The molecule has 5 aliphatic rings. The van der Waals surface area contributed by atoms with Gasteiger partial charge in [0.25, 0.3) is 0 Å². The van der Waals surface area contributed by atoms with E-state index in [1.54, 1.807) is 0 Å². The van der Waals surface area contributed by atoms with Crippen LogP contribution in [0.3, 0.4) is 0 Å². The molecule has 6 aromatic carbocycles. The molecule has 8 bridgehead atoms. The summed E-state index contributed by atoms with van der Waals surface area (Å²) >= 11 is 0. The average Bonchev–Trinajstić information content (AvgIpc) is 1.59. The standard InChI is InChI=1S/C48H26N8.2C18H39OSi.Si/c1-2-10-26-18-34-33(17-25(26)9-1)41-49-42(34)54-44-37-21-29-13-5-6-14-30(29)22-38(37)46(51-44)56-48-40-24-32-16-8-7-15-31(32)23-39(40)47(52-48)55-45-36-20-28-12-4-3-11-27(28)19-35(36)43(50-45)53-41;2*1-4-7-10-13-16-20(19,17-14-11-8-5-2)18-15-12-9-6-3;/h1-24,33,36H;2*4-18H2,1-3H3;/q-2;2*-1;+4. The Balaban J connectivity index is 0.000000207. The topological polar surface area (TPSA) is 152 Å². The summed E-state index contributed by atoms with van der Waals surface area (Å²) in [7, 11) is -4.30. The van der Waals surface area contributed by atoms with Gasteiger partial charge in [0.05, 0.1) is 17.2 Å². The molecule has 0 saturated carbocycles. The Kier molecular flexibility index (Phi) is 26.7. The number of benzene rings is 6. The van der Waals surface area contributed by atoms with Crippen LogP contribution in [0.25, 0.3) is 102 Å². The molecule has 0 radical (unpaired) electrons. The van der Waals surface area contributed by atoms with Gasteiger partial charge in [-0.1, -0.05) is 341 Å². The van der Waals surface area contributed by atoms with Gasteiger partial charge in [-0.05, 0) is 117 Å². The van der Waals surface area contributed by atoms with Crippen molar-refractivity contribution in [2.24, 2.45) is 0 Å². The molecule has 97 heavy (non-hydrogen) atoms. The Labute approximate surface area is 583 Å². The van der Waals surface area contributed by atoms with Gasteiger partial charge in [-0.2, -0.15) is 0 Å². The zero-order chi connectivity index (χ0) is 66.7. The monoisotopic (exact) mass is 1340 g/mol. The van der Waals surface area contributed by atoms with Crippen LogP contribution in [-0.2, 0) is 0 Å². The number of unbranched alkanes of at least 4 members (excludes halogenated alkanes) is 18. The first-order chi connectivity index (χ1) is 47.0. The molecule has 5 heterocycles. The third-order valence-electron chi connectivity index (χ3n) is 20.4. The first-order valence-corrected chi connectivity index (χ1v) is 42.6. The Morgan fingerprint density at radius 3 is 1.16 bits per heavy atom. The van der Waals surface area contributed by atoms with Gasteiger partial charge in [0, 0.05) is 39.6 Å². The molecule has 2 atom stereocenters. The summed E-state index contributed by atoms with van der Waals surface area (Å²) in [5, 5.41) is 10.7. The van der Waals surface area contributed by atoms with Gasteiger partial charge in [-0.15, -0.1) is 0 Å². The van der Waals surface area contributed by atoms with E-state index < -0.39 is 16.6 Å².